The number of carboxylic acid groups (broad SMARTS) is 1. The van der Waals surface area contributed by atoms with E-state index in [1.807, 2.05) is 0 Å². The molecule has 2 unspecified atom stereocenters. The molecule has 1 fully saturated rings. The Morgan fingerprint density at radius 1 is 1.57 bits per heavy atom. The molecule has 14 heavy (non-hydrogen) atoms. The molecule has 1 N–H and O–H groups in total. The first kappa shape index (κ1) is 9.19. The average molecular weight is 194 g/mol. The molecule has 0 spiro atoms. The number of aliphatic carboxylic acids is 1. The number of hydrogen-bond acceptors (Lipinski definition) is 1. The molecule has 2 atom stereocenters. The average Bonchev–Trinajstić information content (AvgIpc) is 2.89. The van der Waals surface area contributed by atoms with Gasteiger partial charge in [-0.25, -0.2) is 4.39 Å². The van der Waals surface area contributed by atoms with E-state index in [1.54, 1.807) is 19.1 Å². The van der Waals surface area contributed by atoms with Crippen molar-refractivity contribution in [2.75, 3.05) is 0 Å². The van der Waals surface area contributed by atoms with Crippen molar-refractivity contribution in [3.05, 3.63) is 35.1 Å². The van der Waals surface area contributed by atoms with E-state index in [9.17, 15) is 9.18 Å². The zero-order chi connectivity index (χ0) is 10.3. The zero-order valence-electron chi connectivity index (χ0n) is 7.83. The summed E-state index contributed by atoms with van der Waals surface area (Å²) < 4.78 is 12.9. The Bertz CT molecular complexity index is 387. The minimum absolute atomic E-state index is 0.0896. The SMILES string of the molecule is Cc1cc(C2CC2C(=O)O)ccc1F. The van der Waals surface area contributed by atoms with Gasteiger partial charge in [0, 0.05) is 0 Å². The predicted octanol–water partition coefficient (Wildman–Crippen LogP) is 2.32. The first-order chi connectivity index (χ1) is 6.59. The molecule has 0 bridgehead atoms. The van der Waals surface area contributed by atoms with Crippen molar-refractivity contribution in [1.82, 2.24) is 0 Å². The highest BCUT2D eigenvalue weighted by Gasteiger charge is 2.44. The lowest BCUT2D eigenvalue weighted by molar-refractivity contribution is -0.138. The highest BCUT2D eigenvalue weighted by Crippen LogP contribution is 2.47. The van der Waals surface area contributed by atoms with Gasteiger partial charge < -0.3 is 5.11 Å². The fourth-order valence-corrected chi connectivity index (χ4v) is 1.73. The smallest absolute Gasteiger partial charge is 0.307 e. The maximum absolute atomic E-state index is 12.9. The molecule has 1 aromatic rings. The predicted molar refractivity (Wildman–Crippen MR) is 49.6 cm³/mol. The second kappa shape index (κ2) is 3.08. The molecule has 0 saturated heterocycles. The van der Waals surface area contributed by atoms with Crippen molar-refractivity contribution in [3.63, 3.8) is 0 Å². The van der Waals surface area contributed by atoms with Gasteiger partial charge in [-0.05, 0) is 36.5 Å². The van der Waals surface area contributed by atoms with Gasteiger partial charge in [0.1, 0.15) is 5.82 Å². The van der Waals surface area contributed by atoms with Crippen LogP contribution in [-0.4, -0.2) is 11.1 Å². The van der Waals surface area contributed by atoms with Crippen LogP contribution in [0.1, 0.15) is 23.5 Å². The summed E-state index contributed by atoms with van der Waals surface area (Å²) in [5.74, 6) is -1.16. The highest BCUT2D eigenvalue weighted by atomic mass is 19.1. The fraction of sp³-hybridized carbons (Fsp3) is 0.364. The van der Waals surface area contributed by atoms with E-state index in [1.165, 1.54) is 6.07 Å². The normalized spacial score (nSPS) is 24.7. The molecule has 74 valence electrons. The van der Waals surface area contributed by atoms with Crippen LogP contribution in [0.5, 0.6) is 0 Å². The summed E-state index contributed by atoms with van der Waals surface area (Å²) in [4.78, 5) is 10.6. The van der Waals surface area contributed by atoms with Gasteiger partial charge >= 0.3 is 5.97 Å². The van der Waals surface area contributed by atoms with E-state index in [0.717, 1.165) is 5.56 Å². The van der Waals surface area contributed by atoms with Crippen molar-refractivity contribution in [3.8, 4) is 0 Å². The van der Waals surface area contributed by atoms with E-state index in [0.29, 0.717) is 12.0 Å². The molecule has 0 heterocycles. The van der Waals surface area contributed by atoms with Crippen LogP contribution in [0.15, 0.2) is 18.2 Å². The summed E-state index contributed by atoms with van der Waals surface area (Å²) in [6.45, 7) is 1.69. The number of aryl methyl sites for hydroxylation is 1. The van der Waals surface area contributed by atoms with Gasteiger partial charge in [-0.15, -0.1) is 0 Å². The maximum Gasteiger partial charge on any atom is 0.307 e. The Kier molecular flexibility index (Phi) is 2.02. The Balaban J connectivity index is 2.20. The quantitative estimate of drug-likeness (QED) is 0.784. The summed E-state index contributed by atoms with van der Waals surface area (Å²) in [7, 11) is 0. The van der Waals surface area contributed by atoms with E-state index >= 15 is 0 Å². The molecule has 1 aliphatic carbocycles. The van der Waals surface area contributed by atoms with Crippen molar-refractivity contribution < 1.29 is 14.3 Å². The first-order valence-electron chi connectivity index (χ1n) is 4.58. The van der Waals surface area contributed by atoms with Gasteiger partial charge in [0.25, 0.3) is 0 Å². The zero-order valence-corrected chi connectivity index (χ0v) is 7.83. The summed E-state index contributed by atoms with van der Waals surface area (Å²) >= 11 is 0. The lowest BCUT2D eigenvalue weighted by Crippen LogP contribution is -1.99. The van der Waals surface area contributed by atoms with Gasteiger partial charge in [-0.1, -0.05) is 12.1 Å². The third-order valence-electron chi connectivity index (χ3n) is 2.72. The number of benzene rings is 1. The molecular formula is C11H11FO2. The molecule has 0 amide bonds. The van der Waals surface area contributed by atoms with E-state index < -0.39 is 5.97 Å². The van der Waals surface area contributed by atoms with Gasteiger partial charge in [-0.2, -0.15) is 0 Å². The second-order valence-electron chi connectivity index (χ2n) is 3.80. The molecule has 2 rings (SSSR count). The Morgan fingerprint density at radius 3 is 2.79 bits per heavy atom. The third kappa shape index (κ3) is 1.50. The Labute approximate surface area is 81.4 Å². The van der Waals surface area contributed by atoms with Crippen LogP contribution < -0.4 is 0 Å². The monoisotopic (exact) mass is 194 g/mol. The minimum atomic E-state index is -0.753. The maximum atomic E-state index is 12.9. The number of halogens is 1. The number of carbonyl (C=O) groups is 1. The lowest BCUT2D eigenvalue weighted by atomic mass is 10.1. The summed E-state index contributed by atoms with van der Waals surface area (Å²) in [6, 6.07) is 4.82. The van der Waals surface area contributed by atoms with Crippen LogP contribution in [0.25, 0.3) is 0 Å². The van der Waals surface area contributed by atoms with Crippen LogP contribution in [0.2, 0.25) is 0 Å². The van der Waals surface area contributed by atoms with Crippen LogP contribution in [0, 0.1) is 18.7 Å². The summed E-state index contributed by atoms with van der Waals surface area (Å²) in [5.41, 5.74) is 1.52. The Hall–Kier alpha value is -1.38. The van der Waals surface area contributed by atoms with E-state index in [4.69, 9.17) is 5.11 Å². The molecular weight excluding hydrogens is 183 g/mol. The molecule has 0 radical (unpaired) electrons. The molecule has 3 heteroatoms. The van der Waals surface area contributed by atoms with Crippen LogP contribution in [0.4, 0.5) is 4.39 Å². The minimum Gasteiger partial charge on any atom is -0.481 e. The van der Waals surface area contributed by atoms with E-state index in [-0.39, 0.29) is 17.7 Å². The van der Waals surface area contributed by atoms with Gasteiger partial charge in [-0.3, -0.25) is 4.79 Å². The summed E-state index contributed by atoms with van der Waals surface area (Å²) in [6.07, 6.45) is 0.681. The number of rotatable bonds is 2. The Morgan fingerprint density at radius 2 is 2.29 bits per heavy atom. The van der Waals surface area contributed by atoms with Gasteiger partial charge in [0.15, 0.2) is 0 Å². The summed E-state index contributed by atoms with van der Waals surface area (Å²) in [5, 5.41) is 8.73. The van der Waals surface area contributed by atoms with Crippen LogP contribution in [-0.2, 0) is 4.79 Å². The first-order valence-corrected chi connectivity index (χ1v) is 4.58. The van der Waals surface area contributed by atoms with Crippen LogP contribution >= 0.6 is 0 Å². The number of hydrogen-bond donors (Lipinski definition) is 1. The van der Waals surface area contributed by atoms with Crippen LogP contribution in [0.3, 0.4) is 0 Å². The highest BCUT2D eigenvalue weighted by molar-refractivity contribution is 5.75. The third-order valence-corrected chi connectivity index (χ3v) is 2.72. The molecule has 1 aromatic carbocycles. The second-order valence-corrected chi connectivity index (χ2v) is 3.80. The largest absolute Gasteiger partial charge is 0.481 e. The molecule has 1 saturated carbocycles. The number of carboxylic acids is 1. The van der Waals surface area contributed by atoms with Gasteiger partial charge in [0.2, 0.25) is 0 Å². The van der Waals surface area contributed by atoms with Crippen molar-refractivity contribution in [2.45, 2.75) is 19.3 Å². The van der Waals surface area contributed by atoms with Crippen molar-refractivity contribution >= 4 is 5.97 Å². The van der Waals surface area contributed by atoms with E-state index in [2.05, 4.69) is 0 Å². The van der Waals surface area contributed by atoms with Gasteiger partial charge in [0.05, 0.1) is 5.92 Å². The molecule has 2 nitrogen and oxygen atoms in total. The topological polar surface area (TPSA) is 37.3 Å². The lowest BCUT2D eigenvalue weighted by Gasteiger charge is -2.01. The molecule has 0 aromatic heterocycles. The molecule has 0 aliphatic heterocycles. The molecule has 1 aliphatic rings. The fourth-order valence-electron chi connectivity index (χ4n) is 1.73. The standard InChI is InChI=1S/C11H11FO2/c1-6-4-7(2-3-10(6)12)8-5-9(8)11(13)14/h2-4,8-9H,5H2,1H3,(H,13,14). The van der Waals surface area contributed by atoms with Crippen molar-refractivity contribution in [1.29, 1.82) is 0 Å². The van der Waals surface area contributed by atoms with Crippen molar-refractivity contribution in [2.24, 2.45) is 5.92 Å².